The normalized spacial score (nSPS) is 11.2. The predicted molar refractivity (Wildman–Crippen MR) is 123 cm³/mol. The van der Waals surface area contributed by atoms with Gasteiger partial charge in [0.25, 0.3) is 5.91 Å². The fraction of sp³-hybridized carbons (Fsp3) is 0.417. The van der Waals surface area contributed by atoms with Crippen molar-refractivity contribution in [3.05, 3.63) is 65.5 Å². The maximum atomic E-state index is 12.6. The minimum atomic E-state index is -0.0526. The number of nitrogens with zero attached hydrogens (tertiary/aromatic N) is 4. The van der Waals surface area contributed by atoms with Crippen molar-refractivity contribution < 1.29 is 4.79 Å². The van der Waals surface area contributed by atoms with E-state index < -0.39 is 0 Å². The summed E-state index contributed by atoms with van der Waals surface area (Å²) in [5.74, 6) is 1.02. The Bertz CT molecular complexity index is 964. The number of aryl methyl sites for hydroxylation is 2. The van der Waals surface area contributed by atoms with Crippen LogP contribution in [0.4, 0.5) is 5.82 Å². The van der Waals surface area contributed by atoms with Gasteiger partial charge in [-0.15, -0.1) is 0 Å². The zero-order valence-corrected chi connectivity index (χ0v) is 18.6. The van der Waals surface area contributed by atoms with Crippen molar-refractivity contribution >= 4 is 17.4 Å². The van der Waals surface area contributed by atoms with Crippen molar-refractivity contribution in [3.63, 3.8) is 0 Å². The summed E-state index contributed by atoms with van der Waals surface area (Å²) in [6.45, 7) is 4.49. The minimum absolute atomic E-state index is 0.0526. The number of amides is 1. The molecule has 0 aliphatic rings. The van der Waals surface area contributed by atoms with Gasteiger partial charge < -0.3 is 15.1 Å². The molecule has 0 saturated heterocycles. The Labute approximate surface area is 179 Å². The van der Waals surface area contributed by atoms with E-state index >= 15 is 0 Å². The van der Waals surface area contributed by atoms with Crippen molar-refractivity contribution in [2.75, 3.05) is 45.7 Å². The van der Waals surface area contributed by atoms with E-state index in [2.05, 4.69) is 63.8 Å². The Morgan fingerprint density at radius 3 is 2.53 bits per heavy atom. The SMILES string of the molecule is CCc1nc2ccc(C(=O)NCCN(C)C)cn2c1N(C)CCCc1ccccc1. The third kappa shape index (κ3) is 5.39. The molecule has 3 aromatic rings. The Morgan fingerprint density at radius 2 is 1.83 bits per heavy atom. The highest BCUT2D eigenvalue weighted by Gasteiger charge is 2.16. The van der Waals surface area contributed by atoms with Gasteiger partial charge >= 0.3 is 0 Å². The zero-order valence-electron chi connectivity index (χ0n) is 18.6. The molecule has 1 N–H and O–H groups in total. The van der Waals surface area contributed by atoms with Gasteiger partial charge in [-0.3, -0.25) is 9.20 Å². The summed E-state index contributed by atoms with van der Waals surface area (Å²) < 4.78 is 2.06. The number of nitrogens with one attached hydrogen (secondary N) is 1. The number of hydrogen-bond acceptors (Lipinski definition) is 4. The lowest BCUT2D eigenvalue weighted by molar-refractivity contribution is 0.0950. The number of hydrogen-bond donors (Lipinski definition) is 1. The number of carbonyl (C=O) groups excluding carboxylic acids is 1. The predicted octanol–water partition coefficient (Wildman–Crippen LogP) is 3.26. The lowest BCUT2D eigenvalue weighted by atomic mass is 10.1. The van der Waals surface area contributed by atoms with Crippen molar-refractivity contribution in [3.8, 4) is 0 Å². The number of fused-ring (bicyclic) bond motifs is 1. The average molecular weight is 408 g/mol. The first-order valence-corrected chi connectivity index (χ1v) is 10.7. The van der Waals surface area contributed by atoms with Gasteiger partial charge in [0.1, 0.15) is 11.5 Å². The molecule has 6 heteroatoms. The third-order valence-corrected chi connectivity index (χ3v) is 5.27. The number of benzene rings is 1. The molecule has 0 bridgehead atoms. The van der Waals surface area contributed by atoms with Gasteiger partial charge in [-0.1, -0.05) is 37.3 Å². The van der Waals surface area contributed by atoms with Crippen LogP contribution in [-0.2, 0) is 12.8 Å². The molecule has 0 saturated carbocycles. The Morgan fingerprint density at radius 1 is 1.07 bits per heavy atom. The molecule has 3 rings (SSSR count). The van der Waals surface area contributed by atoms with Crippen LogP contribution >= 0.6 is 0 Å². The highest BCUT2D eigenvalue weighted by Crippen LogP contribution is 2.23. The highest BCUT2D eigenvalue weighted by atomic mass is 16.1. The molecule has 30 heavy (non-hydrogen) atoms. The second-order valence-corrected chi connectivity index (χ2v) is 7.95. The van der Waals surface area contributed by atoms with Crippen LogP contribution in [0.5, 0.6) is 0 Å². The number of anilines is 1. The van der Waals surface area contributed by atoms with E-state index in [0.29, 0.717) is 12.1 Å². The molecule has 2 aromatic heterocycles. The molecular weight excluding hydrogens is 374 g/mol. The number of likely N-dealkylation sites (N-methyl/N-ethyl adjacent to an activating group) is 1. The van der Waals surface area contributed by atoms with Crippen molar-refractivity contribution in [1.82, 2.24) is 19.6 Å². The van der Waals surface area contributed by atoms with Crippen LogP contribution in [0.25, 0.3) is 5.65 Å². The van der Waals surface area contributed by atoms with Crippen LogP contribution in [0.3, 0.4) is 0 Å². The lowest BCUT2D eigenvalue weighted by Crippen LogP contribution is -2.31. The zero-order chi connectivity index (χ0) is 21.5. The van der Waals surface area contributed by atoms with E-state index in [0.717, 1.165) is 49.5 Å². The lowest BCUT2D eigenvalue weighted by Gasteiger charge is -2.20. The first-order chi connectivity index (χ1) is 14.5. The second-order valence-electron chi connectivity index (χ2n) is 7.95. The second kappa shape index (κ2) is 10.3. The minimum Gasteiger partial charge on any atom is -0.359 e. The first-order valence-electron chi connectivity index (χ1n) is 10.7. The monoisotopic (exact) mass is 407 g/mol. The molecule has 0 aliphatic carbocycles. The van der Waals surface area contributed by atoms with Gasteiger partial charge in [-0.25, -0.2) is 4.98 Å². The summed E-state index contributed by atoms with van der Waals surface area (Å²) >= 11 is 0. The van der Waals surface area contributed by atoms with Crippen molar-refractivity contribution in [2.24, 2.45) is 0 Å². The molecule has 0 unspecified atom stereocenters. The molecule has 1 amide bonds. The van der Waals surface area contributed by atoms with E-state index in [1.54, 1.807) is 0 Å². The fourth-order valence-corrected chi connectivity index (χ4v) is 3.62. The van der Waals surface area contributed by atoms with E-state index in [-0.39, 0.29) is 5.91 Å². The summed E-state index contributed by atoms with van der Waals surface area (Å²) in [6.07, 6.45) is 4.87. The quantitative estimate of drug-likeness (QED) is 0.561. The van der Waals surface area contributed by atoms with Gasteiger partial charge in [0.2, 0.25) is 0 Å². The number of aromatic nitrogens is 2. The molecule has 0 aliphatic heterocycles. The van der Waals surface area contributed by atoms with E-state index in [1.165, 1.54) is 5.56 Å². The molecule has 0 spiro atoms. The smallest absolute Gasteiger partial charge is 0.252 e. The molecule has 0 fully saturated rings. The topological polar surface area (TPSA) is 52.9 Å². The maximum Gasteiger partial charge on any atom is 0.252 e. The molecule has 2 heterocycles. The summed E-state index contributed by atoms with van der Waals surface area (Å²) in [7, 11) is 6.10. The largest absolute Gasteiger partial charge is 0.359 e. The van der Waals surface area contributed by atoms with Gasteiger partial charge in [0, 0.05) is 32.9 Å². The van der Waals surface area contributed by atoms with E-state index in [9.17, 15) is 4.79 Å². The van der Waals surface area contributed by atoms with Gasteiger partial charge in [-0.05, 0) is 51.1 Å². The molecule has 0 radical (unpaired) electrons. The highest BCUT2D eigenvalue weighted by molar-refractivity contribution is 5.94. The molecule has 160 valence electrons. The number of carbonyl (C=O) groups is 1. The summed E-state index contributed by atoms with van der Waals surface area (Å²) in [5, 5.41) is 2.99. The number of rotatable bonds is 10. The Balaban J connectivity index is 1.75. The van der Waals surface area contributed by atoms with E-state index in [4.69, 9.17) is 4.98 Å². The van der Waals surface area contributed by atoms with Crippen molar-refractivity contribution in [2.45, 2.75) is 26.2 Å². The fourth-order valence-electron chi connectivity index (χ4n) is 3.62. The van der Waals surface area contributed by atoms with Crippen molar-refractivity contribution in [1.29, 1.82) is 0 Å². The maximum absolute atomic E-state index is 12.6. The van der Waals surface area contributed by atoms with Crippen LogP contribution in [0.1, 0.15) is 35.0 Å². The molecule has 6 nitrogen and oxygen atoms in total. The Kier molecular flexibility index (Phi) is 7.46. The molecule has 1 aromatic carbocycles. The van der Waals surface area contributed by atoms with Crippen LogP contribution in [0.2, 0.25) is 0 Å². The van der Waals surface area contributed by atoms with Crippen LogP contribution in [0.15, 0.2) is 48.7 Å². The summed E-state index contributed by atoms with van der Waals surface area (Å²) in [6, 6.07) is 14.4. The number of imidazole rings is 1. The van der Waals surface area contributed by atoms with Crippen LogP contribution in [0, 0.1) is 0 Å². The molecule has 0 atom stereocenters. The van der Waals surface area contributed by atoms with Crippen LogP contribution in [-0.4, -0.2) is 61.0 Å². The van der Waals surface area contributed by atoms with Gasteiger partial charge in [-0.2, -0.15) is 0 Å². The number of pyridine rings is 1. The van der Waals surface area contributed by atoms with E-state index in [1.807, 2.05) is 32.4 Å². The summed E-state index contributed by atoms with van der Waals surface area (Å²) in [5.41, 5.74) is 3.95. The van der Waals surface area contributed by atoms with Crippen LogP contribution < -0.4 is 10.2 Å². The first kappa shape index (κ1) is 21.8. The van der Waals surface area contributed by atoms with Gasteiger partial charge in [0.05, 0.1) is 11.3 Å². The third-order valence-electron chi connectivity index (χ3n) is 5.27. The summed E-state index contributed by atoms with van der Waals surface area (Å²) in [4.78, 5) is 21.7. The standard InChI is InChI=1S/C24H33N5O/c1-5-21-24(28(4)16-9-12-19-10-7-6-8-11-19)29-18-20(13-14-22(29)26-21)23(30)25-15-17-27(2)3/h6-8,10-11,13-14,18H,5,9,12,15-17H2,1-4H3,(H,25,30). The molecular formula is C24H33N5O. The average Bonchev–Trinajstić information content (AvgIpc) is 3.12. The Hall–Kier alpha value is -2.86. The van der Waals surface area contributed by atoms with Gasteiger partial charge in [0.15, 0.2) is 0 Å².